The minimum absolute atomic E-state index is 0.0272. The van der Waals surface area contributed by atoms with E-state index in [-0.39, 0.29) is 13.0 Å². The van der Waals surface area contributed by atoms with E-state index in [1.165, 1.54) is 13.0 Å². The SMILES string of the molecule is C=CC[C@@](C)(C(=O)OCc1ccccc1)S(C)(=O)=O. The molecule has 0 unspecified atom stereocenters. The zero-order valence-corrected chi connectivity index (χ0v) is 11.9. The molecule has 0 N–H and O–H groups in total. The van der Waals surface area contributed by atoms with E-state index in [9.17, 15) is 13.2 Å². The summed E-state index contributed by atoms with van der Waals surface area (Å²) < 4.78 is 27.0. The van der Waals surface area contributed by atoms with Gasteiger partial charge in [-0.3, -0.25) is 4.79 Å². The Balaban J connectivity index is 2.82. The first-order valence-corrected chi connectivity index (χ1v) is 7.72. The van der Waals surface area contributed by atoms with Gasteiger partial charge in [-0.2, -0.15) is 0 Å². The molecule has 0 aliphatic carbocycles. The average Bonchev–Trinajstić information content (AvgIpc) is 2.36. The van der Waals surface area contributed by atoms with Crippen molar-refractivity contribution in [2.24, 2.45) is 0 Å². The van der Waals surface area contributed by atoms with E-state index < -0.39 is 20.6 Å². The van der Waals surface area contributed by atoms with E-state index in [2.05, 4.69) is 6.58 Å². The molecule has 0 bridgehead atoms. The number of hydrogen-bond donors (Lipinski definition) is 0. The van der Waals surface area contributed by atoms with Crippen molar-refractivity contribution in [1.29, 1.82) is 0 Å². The fourth-order valence-electron chi connectivity index (χ4n) is 1.54. The van der Waals surface area contributed by atoms with Crippen LogP contribution in [0.1, 0.15) is 18.9 Å². The molecule has 0 aromatic heterocycles. The van der Waals surface area contributed by atoms with E-state index in [1.807, 2.05) is 18.2 Å². The lowest BCUT2D eigenvalue weighted by Gasteiger charge is -2.24. The van der Waals surface area contributed by atoms with Crippen molar-refractivity contribution in [3.8, 4) is 0 Å². The van der Waals surface area contributed by atoms with E-state index in [1.54, 1.807) is 12.1 Å². The summed E-state index contributed by atoms with van der Waals surface area (Å²) in [6.45, 7) is 4.90. The van der Waals surface area contributed by atoms with Crippen molar-refractivity contribution < 1.29 is 17.9 Å². The summed E-state index contributed by atoms with van der Waals surface area (Å²) in [6, 6.07) is 9.10. The number of ether oxygens (including phenoxy) is 1. The largest absolute Gasteiger partial charge is 0.460 e. The zero-order chi connectivity index (χ0) is 14.5. The van der Waals surface area contributed by atoms with Crippen molar-refractivity contribution >= 4 is 15.8 Å². The molecule has 0 saturated carbocycles. The summed E-state index contributed by atoms with van der Waals surface area (Å²) in [6.07, 6.45) is 2.46. The molecular weight excluding hydrogens is 264 g/mol. The van der Waals surface area contributed by atoms with Crippen LogP contribution in [0.15, 0.2) is 43.0 Å². The van der Waals surface area contributed by atoms with E-state index in [4.69, 9.17) is 4.74 Å². The maximum atomic E-state index is 12.0. The van der Waals surface area contributed by atoms with Gasteiger partial charge in [0.15, 0.2) is 14.6 Å². The third kappa shape index (κ3) is 3.67. The topological polar surface area (TPSA) is 60.4 Å². The summed E-state index contributed by atoms with van der Waals surface area (Å²) in [4.78, 5) is 12.0. The third-order valence-corrected chi connectivity index (χ3v) is 4.97. The van der Waals surface area contributed by atoms with Crippen molar-refractivity contribution in [2.75, 3.05) is 6.26 Å². The predicted molar refractivity (Wildman–Crippen MR) is 74.3 cm³/mol. The highest BCUT2D eigenvalue weighted by Gasteiger charge is 2.43. The van der Waals surface area contributed by atoms with Crippen LogP contribution in [0.5, 0.6) is 0 Å². The molecule has 5 heteroatoms. The number of esters is 1. The number of sulfone groups is 1. The van der Waals surface area contributed by atoms with Crippen LogP contribution in [-0.4, -0.2) is 25.4 Å². The van der Waals surface area contributed by atoms with Crippen LogP contribution >= 0.6 is 0 Å². The van der Waals surface area contributed by atoms with Crippen LogP contribution in [0, 0.1) is 0 Å². The van der Waals surface area contributed by atoms with Crippen LogP contribution in [0.25, 0.3) is 0 Å². The number of carbonyl (C=O) groups excluding carboxylic acids is 1. The second-order valence-corrected chi connectivity index (χ2v) is 7.00. The summed E-state index contributed by atoms with van der Waals surface area (Å²) in [5.74, 6) is -0.751. The molecule has 0 fully saturated rings. The Morgan fingerprint density at radius 2 is 1.95 bits per heavy atom. The lowest BCUT2D eigenvalue weighted by Crippen LogP contribution is -2.43. The van der Waals surface area contributed by atoms with Crippen molar-refractivity contribution in [3.05, 3.63) is 48.6 Å². The predicted octanol–water partition coefficient (Wildman–Crippen LogP) is 2.11. The Labute approximate surface area is 114 Å². The maximum absolute atomic E-state index is 12.0. The van der Waals surface area contributed by atoms with Gasteiger partial charge in [0.1, 0.15) is 6.61 Å². The average molecular weight is 282 g/mol. The standard InChI is InChI=1S/C14H18O4S/c1-4-10-14(2,19(3,16)17)13(15)18-11-12-8-6-5-7-9-12/h4-9H,1,10-11H2,2-3H3/t14-/m0/s1. The molecule has 104 valence electrons. The lowest BCUT2D eigenvalue weighted by atomic mass is 10.1. The van der Waals surface area contributed by atoms with E-state index in [0.717, 1.165) is 11.8 Å². The molecule has 19 heavy (non-hydrogen) atoms. The molecule has 1 atom stereocenters. The van der Waals surface area contributed by atoms with Gasteiger partial charge in [0.25, 0.3) is 0 Å². The minimum atomic E-state index is -3.58. The van der Waals surface area contributed by atoms with Gasteiger partial charge in [0.05, 0.1) is 0 Å². The van der Waals surface area contributed by atoms with Crippen LogP contribution in [0.2, 0.25) is 0 Å². The monoisotopic (exact) mass is 282 g/mol. The van der Waals surface area contributed by atoms with Crippen molar-refractivity contribution in [1.82, 2.24) is 0 Å². The van der Waals surface area contributed by atoms with Gasteiger partial charge < -0.3 is 4.74 Å². The molecule has 0 heterocycles. The molecule has 1 aromatic rings. The molecule has 0 aliphatic rings. The Morgan fingerprint density at radius 1 is 1.37 bits per heavy atom. The van der Waals surface area contributed by atoms with Gasteiger partial charge in [-0.15, -0.1) is 6.58 Å². The molecule has 4 nitrogen and oxygen atoms in total. The molecule has 0 spiro atoms. The highest BCUT2D eigenvalue weighted by Crippen LogP contribution is 2.23. The van der Waals surface area contributed by atoms with Crippen LogP contribution in [0.3, 0.4) is 0 Å². The van der Waals surface area contributed by atoms with E-state index in [0.29, 0.717) is 0 Å². The Kier molecular flexibility index (Phi) is 4.89. The van der Waals surface area contributed by atoms with E-state index >= 15 is 0 Å². The fourth-order valence-corrected chi connectivity index (χ4v) is 2.32. The summed E-state index contributed by atoms with van der Waals surface area (Å²) in [7, 11) is -3.58. The zero-order valence-electron chi connectivity index (χ0n) is 11.1. The van der Waals surface area contributed by atoms with Gasteiger partial charge in [0, 0.05) is 6.26 Å². The third-order valence-electron chi connectivity index (χ3n) is 3.00. The molecule has 0 aliphatic heterocycles. The van der Waals surface area contributed by atoms with Gasteiger partial charge in [0.2, 0.25) is 0 Å². The summed E-state index contributed by atoms with van der Waals surface area (Å²) >= 11 is 0. The number of hydrogen-bond acceptors (Lipinski definition) is 4. The lowest BCUT2D eigenvalue weighted by molar-refractivity contribution is -0.147. The Hall–Kier alpha value is -1.62. The van der Waals surface area contributed by atoms with Gasteiger partial charge >= 0.3 is 5.97 Å². The second kappa shape index (κ2) is 6.02. The first-order chi connectivity index (χ1) is 8.81. The fraction of sp³-hybridized carbons (Fsp3) is 0.357. The Morgan fingerprint density at radius 3 is 2.42 bits per heavy atom. The van der Waals surface area contributed by atoms with Gasteiger partial charge in [-0.05, 0) is 18.9 Å². The second-order valence-electron chi connectivity index (χ2n) is 4.56. The quantitative estimate of drug-likeness (QED) is 0.592. The molecule has 1 rings (SSSR count). The van der Waals surface area contributed by atoms with Crippen LogP contribution in [0.4, 0.5) is 0 Å². The number of allylic oxidation sites excluding steroid dienone is 1. The first kappa shape index (κ1) is 15.4. The number of carbonyl (C=O) groups is 1. The van der Waals surface area contributed by atoms with Gasteiger partial charge in [-0.1, -0.05) is 36.4 Å². The van der Waals surface area contributed by atoms with Gasteiger partial charge in [-0.25, -0.2) is 8.42 Å². The Bertz CT molecular complexity index is 548. The number of benzene rings is 1. The molecule has 1 aromatic carbocycles. The smallest absolute Gasteiger partial charge is 0.327 e. The summed E-state index contributed by atoms with van der Waals surface area (Å²) in [5.41, 5.74) is 0.810. The first-order valence-electron chi connectivity index (χ1n) is 5.83. The van der Waals surface area contributed by atoms with Crippen molar-refractivity contribution in [3.63, 3.8) is 0 Å². The molecular formula is C14H18O4S. The number of rotatable bonds is 6. The summed E-state index contributed by atoms with van der Waals surface area (Å²) in [5, 5.41) is 0. The highest BCUT2D eigenvalue weighted by molar-refractivity contribution is 7.92. The highest BCUT2D eigenvalue weighted by atomic mass is 32.2. The van der Waals surface area contributed by atoms with Crippen LogP contribution < -0.4 is 0 Å². The molecule has 0 saturated heterocycles. The normalized spacial score (nSPS) is 14.4. The molecule has 0 radical (unpaired) electrons. The maximum Gasteiger partial charge on any atom is 0.327 e. The van der Waals surface area contributed by atoms with Crippen LogP contribution in [-0.2, 0) is 26.0 Å². The minimum Gasteiger partial charge on any atom is -0.460 e. The van der Waals surface area contributed by atoms with Crippen molar-refractivity contribution in [2.45, 2.75) is 24.7 Å². The molecule has 0 amide bonds.